The van der Waals surface area contributed by atoms with E-state index in [1.54, 1.807) is 6.07 Å². The zero-order valence-electron chi connectivity index (χ0n) is 10.1. The predicted molar refractivity (Wildman–Crippen MR) is 66.3 cm³/mol. The lowest BCUT2D eigenvalue weighted by molar-refractivity contribution is -0.136. The van der Waals surface area contributed by atoms with Crippen LogP contribution in [0.5, 0.6) is 0 Å². The molecule has 0 amide bonds. The molecule has 0 atom stereocenters. The maximum Gasteiger partial charge on any atom is 0.418 e. The Bertz CT molecular complexity index is 409. The standard InChI is InChI=1S/C13H17F3N2/c14-13(15,16)11-7-10(5-6-12(11)17)18-8-9-3-1-2-4-9/h5-7,9,18H,1-4,8,17H2. The molecule has 0 radical (unpaired) electrons. The van der Waals surface area contributed by atoms with Gasteiger partial charge in [0.1, 0.15) is 0 Å². The van der Waals surface area contributed by atoms with Gasteiger partial charge >= 0.3 is 6.18 Å². The minimum atomic E-state index is -4.39. The van der Waals surface area contributed by atoms with Crippen molar-refractivity contribution < 1.29 is 13.2 Å². The number of anilines is 2. The number of rotatable bonds is 3. The highest BCUT2D eigenvalue weighted by Gasteiger charge is 2.33. The number of nitrogens with one attached hydrogen (secondary N) is 1. The molecule has 2 rings (SSSR count). The zero-order chi connectivity index (χ0) is 13.2. The first-order chi connectivity index (χ1) is 8.47. The average Bonchev–Trinajstić information content (AvgIpc) is 2.79. The van der Waals surface area contributed by atoms with Crippen LogP contribution in [0.15, 0.2) is 18.2 Å². The van der Waals surface area contributed by atoms with Crippen molar-refractivity contribution in [3.05, 3.63) is 23.8 Å². The van der Waals surface area contributed by atoms with Gasteiger partial charge in [0.05, 0.1) is 5.56 Å². The third-order valence-electron chi connectivity index (χ3n) is 3.43. The molecule has 18 heavy (non-hydrogen) atoms. The summed E-state index contributed by atoms with van der Waals surface area (Å²) in [5, 5.41) is 3.07. The molecule has 0 unspecified atom stereocenters. The summed E-state index contributed by atoms with van der Waals surface area (Å²) in [6, 6.07) is 3.99. The fourth-order valence-corrected chi connectivity index (χ4v) is 2.39. The number of nitrogen functional groups attached to an aromatic ring is 1. The lowest BCUT2D eigenvalue weighted by Crippen LogP contribution is -2.13. The van der Waals surface area contributed by atoms with Crippen LogP contribution in [-0.4, -0.2) is 6.54 Å². The van der Waals surface area contributed by atoms with Gasteiger partial charge in [-0.3, -0.25) is 0 Å². The van der Waals surface area contributed by atoms with Crippen LogP contribution in [0.25, 0.3) is 0 Å². The van der Waals surface area contributed by atoms with E-state index >= 15 is 0 Å². The second kappa shape index (κ2) is 5.08. The Hall–Kier alpha value is -1.39. The molecule has 0 bridgehead atoms. The van der Waals surface area contributed by atoms with E-state index in [1.165, 1.54) is 18.9 Å². The van der Waals surface area contributed by atoms with Gasteiger partial charge in [-0.05, 0) is 37.0 Å². The van der Waals surface area contributed by atoms with Gasteiger partial charge in [0.2, 0.25) is 0 Å². The van der Waals surface area contributed by atoms with E-state index in [0.717, 1.165) is 25.5 Å². The Morgan fingerprint density at radius 3 is 2.50 bits per heavy atom. The number of hydrogen-bond acceptors (Lipinski definition) is 2. The fourth-order valence-electron chi connectivity index (χ4n) is 2.39. The van der Waals surface area contributed by atoms with Crippen molar-refractivity contribution in [2.75, 3.05) is 17.6 Å². The molecule has 1 saturated carbocycles. The molecule has 1 aromatic rings. The molecule has 2 nitrogen and oxygen atoms in total. The molecule has 0 saturated heterocycles. The van der Waals surface area contributed by atoms with Crippen LogP contribution in [0.2, 0.25) is 0 Å². The smallest absolute Gasteiger partial charge is 0.398 e. The van der Waals surface area contributed by atoms with Crippen molar-refractivity contribution in [1.29, 1.82) is 0 Å². The summed E-state index contributed by atoms with van der Waals surface area (Å²) in [4.78, 5) is 0. The van der Waals surface area contributed by atoms with E-state index in [1.807, 2.05) is 0 Å². The van der Waals surface area contributed by atoms with Gasteiger partial charge in [-0.2, -0.15) is 13.2 Å². The Labute approximate surface area is 104 Å². The van der Waals surface area contributed by atoms with E-state index < -0.39 is 11.7 Å². The number of nitrogens with two attached hydrogens (primary N) is 1. The number of halogens is 3. The molecule has 1 aliphatic rings. The summed E-state index contributed by atoms with van der Waals surface area (Å²) >= 11 is 0. The fraction of sp³-hybridized carbons (Fsp3) is 0.538. The van der Waals surface area contributed by atoms with E-state index in [2.05, 4.69) is 5.32 Å². The summed E-state index contributed by atoms with van der Waals surface area (Å²) < 4.78 is 38.0. The first-order valence-corrected chi connectivity index (χ1v) is 6.17. The summed E-state index contributed by atoms with van der Waals surface area (Å²) in [7, 11) is 0. The average molecular weight is 258 g/mol. The Morgan fingerprint density at radius 1 is 1.22 bits per heavy atom. The van der Waals surface area contributed by atoms with E-state index in [-0.39, 0.29) is 5.69 Å². The predicted octanol–water partition coefficient (Wildman–Crippen LogP) is 3.89. The molecule has 3 N–H and O–H groups in total. The van der Waals surface area contributed by atoms with Gasteiger partial charge in [-0.1, -0.05) is 12.8 Å². The molecule has 1 fully saturated rings. The van der Waals surface area contributed by atoms with E-state index in [9.17, 15) is 13.2 Å². The second-order valence-corrected chi connectivity index (χ2v) is 4.83. The van der Waals surface area contributed by atoms with Crippen LogP contribution in [0.3, 0.4) is 0 Å². The minimum absolute atomic E-state index is 0.228. The molecule has 100 valence electrons. The SMILES string of the molecule is Nc1ccc(NCC2CCCC2)cc1C(F)(F)F. The third kappa shape index (κ3) is 3.09. The number of alkyl halides is 3. The van der Waals surface area contributed by atoms with Gasteiger partial charge in [-0.25, -0.2) is 0 Å². The largest absolute Gasteiger partial charge is 0.418 e. The monoisotopic (exact) mass is 258 g/mol. The molecular weight excluding hydrogens is 241 g/mol. The minimum Gasteiger partial charge on any atom is -0.398 e. The van der Waals surface area contributed by atoms with Gasteiger partial charge < -0.3 is 11.1 Å². The van der Waals surface area contributed by atoms with Crippen molar-refractivity contribution in [3.8, 4) is 0 Å². The van der Waals surface area contributed by atoms with Crippen LogP contribution in [0, 0.1) is 5.92 Å². The normalized spacial score (nSPS) is 17.1. The van der Waals surface area contributed by atoms with Gasteiger partial charge in [0.25, 0.3) is 0 Å². The van der Waals surface area contributed by atoms with Crippen LogP contribution in [0.4, 0.5) is 24.5 Å². The first kappa shape index (κ1) is 13.1. The third-order valence-corrected chi connectivity index (χ3v) is 3.43. The van der Waals surface area contributed by atoms with Crippen molar-refractivity contribution in [1.82, 2.24) is 0 Å². The number of benzene rings is 1. The maximum absolute atomic E-state index is 12.7. The zero-order valence-corrected chi connectivity index (χ0v) is 10.1. The Balaban J connectivity index is 2.04. The van der Waals surface area contributed by atoms with Crippen molar-refractivity contribution in [3.63, 3.8) is 0 Å². The Kier molecular flexibility index (Phi) is 3.68. The highest BCUT2D eigenvalue weighted by atomic mass is 19.4. The highest BCUT2D eigenvalue weighted by Crippen LogP contribution is 2.35. The summed E-state index contributed by atoms with van der Waals surface area (Å²) in [6.45, 7) is 0.737. The molecule has 0 heterocycles. The summed E-state index contributed by atoms with van der Waals surface area (Å²) in [5.41, 5.74) is 4.84. The number of hydrogen-bond donors (Lipinski definition) is 2. The van der Waals surface area contributed by atoms with Crippen LogP contribution < -0.4 is 11.1 Å². The summed E-state index contributed by atoms with van der Waals surface area (Å²) in [5.74, 6) is 0.580. The highest BCUT2D eigenvalue weighted by molar-refractivity contribution is 5.58. The Morgan fingerprint density at radius 2 is 1.89 bits per heavy atom. The second-order valence-electron chi connectivity index (χ2n) is 4.83. The van der Waals surface area contributed by atoms with Gasteiger partial charge in [-0.15, -0.1) is 0 Å². The van der Waals surface area contributed by atoms with Crippen LogP contribution in [-0.2, 0) is 6.18 Å². The van der Waals surface area contributed by atoms with Crippen molar-refractivity contribution >= 4 is 11.4 Å². The molecule has 1 aromatic carbocycles. The topological polar surface area (TPSA) is 38.0 Å². The molecule has 0 aliphatic heterocycles. The summed E-state index contributed by atoms with van der Waals surface area (Å²) in [6.07, 6.45) is 0.376. The van der Waals surface area contributed by atoms with Crippen molar-refractivity contribution in [2.45, 2.75) is 31.9 Å². The molecule has 5 heteroatoms. The van der Waals surface area contributed by atoms with Crippen molar-refractivity contribution in [2.24, 2.45) is 5.92 Å². The lowest BCUT2D eigenvalue weighted by Gasteiger charge is -2.15. The molecule has 1 aliphatic carbocycles. The first-order valence-electron chi connectivity index (χ1n) is 6.17. The van der Waals surface area contributed by atoms with Gasteiger partial charge in [0, 0.05) is 17.9 Å². The van der Waals surface area contributed by atoms with Gasteiger partial charge in [0.15, 0.2) is 0 Å². The lowest BCUT2D eigenvalue weighted by atomic mass is 10.1. The van der Waals surface area contributed by atoms with Crippen LogP contribution in [0.1, 0.15) is 31.2 Å². The maximum atomic E-state index is 12.7. The quantitative estimate of drug-likeness (QED) is 0.807. The molecule has 0 aromatic heterocycles. The van der Waals surface area contributed by atoms with E-state index in [4.69, 9.17) is 5.73 Å². The molecule has 0 spiro atoms. The molecular formula is C13H17F3N2. The van der Waals surface area contributed by atoms with Crippen LogP contribution >= 0.6 is 0 Å². The van der Waals surface area contributed by atoms with E-state index in [0.29, 0.717) is 11.6 Å².